The fraction of sp³-hybridized carbons (Fsp3) is 0.917. The van der Waals surface area contributed by atoms with Gasteiger partial charge in [-0.05, 0) is 19.9 Å². The van der Waals surface area contributed by atoms with Gasteiger partial charge in [-0.3, -0.25) is 4.99 Å². The molecule has 1 atom stereocenters. The molecule has 0 aromatic carbocycles. The van der Waals surface area contributed by atoms with Crippen molar-refractivity contribution >= 4 is 5.84 Å². The minimum Gasteiger partial charge on any atom is -0.387 e. The van der Waals surface area contributed by atoms with Gasteiger partial charge in [-0.1, -0.05) is 12.8 Å². The van der Waals surface area contributed by atoms with Gasteiger partial charge in [-0.2, -0.15) is 0 Å². The predicted octanol–water partition coefficient (Wildman–Crippen LogP) is 0.864. The quantitative estimate of drug-likeness (QED) is 0.572. The highest BCUT2D eigenvalue weighted by atomic mass is 16.5. The first-order valence-electron chi connectivity index (χ1n) is 6.35. The van der Waals surface area contributed by atoms with Crippen molar-refractivity contribution in [2.45, 2.75) is 31.8 Å². The Kier molecular flexibility index (Phi) is 4.18. The van der Waals surface area contributed by atoms with Gasteiger partial charge in [-0.25, -0.2) is 0 Å². The van der Waals surface area contributed by atoms with Crippen molar-refractivity contribution in [2.75, 3.05) is 33.3 Å². The Hall–Kier alpha value is -0.610. The highest BCUT2D eigenvalue weighted by Crippen LogP contribution is 2.24. The Morgan fingerprint density at radius 3 is 2.88 bits per heavy atom. The SMILES string of the molecule is CN1CCOC(CN=C(N)C2CCCC2)C1. The van der Waals surface area contributed by atoms with Gasteiger partial charge in [0.1, 0.15) is 0 Å². The van der Waals surface area contributed by atoms with Crippen LogP contribution >= 0.6 is 0 Å². The molecule has 2 rings (SSSR count). The molecular weight excluding hydrogens is 202 g/mol. The van der Waals surface area contributed by atoms with Crippen LogP contribution in [0.25, 0.3) is 0 Å². The second kappa shape index (κ2) is 5.64. The molecule has 1 saturated heterocycles. The third-order valence-electron chi connectivity index (χ3n) is 3.59. The van der Waals surface area contributed by atoms with Gasteiger partial charge in [0.05, 0.1) is 25.1 Å². The van der Waals surface area contributed by atoms with Crippen LogP contribution in [0.1, 0.15) is 25.7 Å². The maximum absolute atomic E-state index is 6.01. The lowest BCUT2D eigenvalue weighted by Gasteiger charge is -2.29. The van der Waals surface area contributed by atoms with Crippen LogP contribution < -0.4 is 5.73 Å². The van der Waals surface area contributed by atoms with Crippen molar-refractivity contribution in [1.82, 2.24) is 4.90 Å². The van der Waals surface area contributed by atoms with Crippen LogP contribution in [0.15, 0.2) is 4.99 Å². The maximum Gasteiger partial charge on any atom is 0.0969 e. The van der Waals surface area contributed by atoms with Gasteiger partial charge in [0.15, 0.2) is 0 Å². The van der Waals surface area contributed by atoms with Crippen molar-refractivity contribution in [1.29, 1.82) is 0 Å². The largest absolute Gasteiger partial charge is 0.387 e. The molecule has 1 aliphatic heterocycles. The first-order chi connectivity index (χ1) is 7.75. The molecule has 2 N–H and O–H groups in total. The Bertz CT molecular complexity index is 249. The summed E-state index contributed by atoms with van der Waals surface area (Å²) in [4.78, 5) is 6.79. The van der Waals surface area contributed by atoms with E-state index in [0.717, 1.165) is 32.1 Å². The zero-order valence-electron chi connectivity index (χ0n) is 10.2. The van der Waals surface area contributed by atoms with E-state index in [9.17, 15) is 0 Å². The molecule has 0 aromatic rings. The van der Waals surface area contributed by atoms with Crippen LogP contribution in [0.5, 0.6) is 0 Å². The lowest BCUT2D eigenvalue weighted by molar-refractivity contribution is -0.0136. The van der Waals surface area contributed by atoms with E-state index in [2.05, 4.69) is 16.9 Å². The Morgan fingerprint density at radius 1 is 1.44 bits per heavy atom. The molecule has 0 aromatic heterocycles. The lowest BCUT2D eigenvalue weighted by atomic mass is 10.1. The highest BCUT2D eigenvalue weighted by Gasteiger charge is 2.20. The first kappa shape index (κ1) is 11.9. The van der Waals surface area contributed by atoms with Crippen LogP contribution in [-0.2, 0) is 4.74 Å². The second-order valence-electron chi connectivity index (χ2n) is 5.00. The summed E-state index contributed by atoms with van der Waals surface area (Å²) in [6.07, 6.45) is 5.30. The highest BCUT2D eigenvalue weighted by molar-refractivity contribution is 5.83. The third kappa shape index (κ3) is 3.19. The van der Waals surface area contributed by atoms with Crippen molar-refractivity contribution in [2.24, 2.45) is 16.6 Å². The molecule has 92 valence electrons. The molecule has 2 aliphatic rings. The Balaban J connectivity index is 1.78. The summed E-state index contributed by atoms with van der Waals surface area (Å²) in [6.45, 7) is 3.55. The summed E-state index contributed by atoms with van der Waals surface area (Å²) in [5.74, 6) is 1.40. The van der Waals surface area contributed by atoms with Crippen LogP contribution in [0.4, 0.5) is 0 Å². The van der Waals surface area contributed by atoms with Gasteiger partial charge in [0.25, 0.3) is 0 Å². The standard InChI is InChI=1S/C12H23N3O/c1-15-6-7-16-11(9-15)8-14-12(13)10-4-2-3-5-10/h10-11H,2-9H2,1H3,(H2,13,14). The molecule has 1 heterocycles. The topological polar surface area (TPSA) is 50.8 Å². The summed E-state index contributed by atoms with van der Waals surface area (Å²) in [5, 5.41) is 0. The van der Waals surface area contributed by atoms with Crippen molar-refractivity contribution in [3.05, 3.63) is 0 Å². The number of rotatable bonds is 3. The average Bonchev–Trinajstić information content (AvgIpc) is 2.79. The van der Waals surface area contributed by atoms with E-state index in [1.54, 1.807) is 0 Å². The van der Waals surface area contributed by atoms with Crippen molar-refractivity contribution in [3.8, 4) is 0 Å². The van der Waals surface area contributed by atoms with Crippen LogP contribution in [0.3, 0.4) is 0 Å². The molecule has 0 bridgehead atoms. The zero-order chi connectivity index (χ0) is 11.4. The maximum atomic E-state index is 6.01. The number of aliphatic imine (C=N–C) groups is 1. The number of hydrogen-bond donors (Lipinski definition) is 1. The molecule has 4 nitrogen and oxygen atoms in total. The Morgan fingerprint density at radius 2 is 2.19 bits per heavy atom. The van der Waals surface area contributed by atoms with E-state index < -0.39 is 0 Å². The van der Waals surface area contributed by atoms with E-state index in [0.29, 0.717) is 5.92 Å². The Labute approximate surface area is 97.9 Å². The van der Waals surface area contributed by atoms with Crippen molar-refractivity contribution < 1.29 is 4.74 Å². The molecule has 0 radical (unpaired) electrons. The molecule has 2 fully saturated rings. The smallest absolute Gasteiger partial charge is 0.0969 e. The number of nitrogens with two attached hydrogens (primary N) is 1. The van der Waals surface area contributed by atoms with E-state index >= 15 is 0 Å². The normalized spacial score (nSPS) is 29.8. The summed E-state index contributed by atoms with van der Waals surface area (Å²) >= 11 is 0. The molecule has 16 heavy (non-hydrogen) atoms. The van der Waals surface area contributed by atoms with Crippen molar-refractivity contribution in [3.63, 3.8) is 0 Å². The minimum atomic E-state index is 0.235. The van der Waals surface area contributed by atoms with Gasteiger partial charge < -0.3 is 15.4 Å². The number of ether oxygens (including phenoxy) is 1. The summed E-state index contributed by atoms with van der Waals surface area (Å²) in [5.41, 5.74) is 6.01. The van der Waals surface area contributed by atoms with Crippen LogP contribution in [0, 0.1) is 5.92 Å². The number of amidine groups is 1. The lowest BCUT2D eigenvalue weighted by Crippen LogP contribution is -2.41. The molecule has 1 unspecified atom stereocenters. The van der Waals surface area contributed by atoms with E-state index in [4.69, 9.17) is 10.5 Å². The number of hydrogen-bond acceptors (Lipinski definition) is 3. The first-order valence-corrected chi connectivity index (χ1v) is 6.35. The summed E-state index contributed by atoms with van der Waals surface area (Å²) < 4.78 is 5.66. The summed E-state index contributed by atoms with van der Waals surface area (Å²) in [6, 6.07) is 0. The van der Waals surface area contributed by atoms with Gasteiger partial charge in [0, 0.05) is 19.0 Å². The number of morpholine rings is 1. The van der Waals surface area contributed by atoms with Gasteiger partial charge in [0.2, 0.25) is 0 Å². The molecule has 4 heteroatoms. The minimum absolute atomic E-state index is 0.235. The zero-order valence-corrected chi connectivity index (χ0v) is 10.2. The monoisotopic (exact) mass is 225 g/mol. The third-order valence-corrected chi connectivity index (χ3v) is 3.59. The number of nitrogens with zero attached hydrogens (tertiary/aromatic N) is 2. The molecule has 1 aliphatic carbocycles. The average molecular weight is 225 g/mol. The molecular formula is C12H23N3O. The fourth-order valence-electron chi connectivity index (χ4n) is 2.54. The summed E-state index contributed by atoms with van der Waals surface area (Å²) in [7, 11) is 2.12. The predicted molar refractivity (Wildman–Crippen MR) is 65.7 cm³/mol. The van der Waals surface area contributed by atoms with Crippen LogP contribution in [0.2, 0.25) is 0 Å². The van der Waals surface area contributed by atoms with E-state index in [-0.39, 0.29) is 6.10 Å². The van der Waals surface area contributed by atoms with Crippen LogP contribution in [-0.4, -0.2) is 50.1 Å². The van der Waals surface area contributed by atoms with E-state index in [1.807, 2.05) is 0 Å². The van der Waals surface area contributed by atoms with Gasteiger partial charge in [-0.15, -0.1) is 0 Å². The molecule has 0 amide bonds. The molecule has 1 saturated carbocycles. The fourth-order valence-corrected chi connectivity index (χ4v) is 2.54. The van der Waals surface area contributed by atoms with Gasteiger partial charge >= 0.3 is 0 Å². The second-order valence-corrected chi connectivity index (χ2v) is 5.00. The number of likely N-dealkylation sites (N-methyl/N-ethyl adjacent to an activating group) is 1. The van der Waals surface area contributed by atoms with E-state index in [1.165, 1.54) is 25.7 Å². The molecule has 0 spiro atoms.